The van der Waals surface area contributed by atoms with E-state index in [1.165, 1.54) is 0 Å². The molecule has 5 nitrogen and oxygen atoms in total. The number of methoxy groups -OCH3 is 1. The minimum atomic E-state index is -0.0883. The number of nitrogens with one attached hydrogen (secondary N) is 2. The lowest BCUT2D eigenvalue weighted by Crippen LogP contribution is -2.47. The van der Waals surface area contributed by atoms with E-state index < -0.39 is 0 Å². The van der Waals surface area contributed by atoms with E-state index in [0.29, 0.717) is 23.7 Å². The molecule has 2 N–H and O–H groups in total. The maximum Gasteiger partial charge on any atom is 0.250 e. The summed E-state index contributed by atoms with van der Waals surface area (Å²) in [6.45, 7) is 3.46. The summed E-state index contributed by atoms with van der Waals surface area (Å²) < 4.78 is 11.0. The molecular formula is C18H24Cl2N2O3. The van der Waals surface area contributed by atoms with Crippen LogP contribution < -0.4 is 15.4 Å². The van der Waals surface area contributed by atoms with Crippen LogP contribution in [0.2, 0.25) is 5.02 Å². The third-order valence-corrected chi connectivity index (χ3v) is 4.95. The number of ether oxygens (including phenoxy) is 2. The third-order valence-electron chi connectivity index (χ3n) is 4.72. The van der Waals surface area contributed by atoms with Crippen molar-refractivity contribution in [3.63, 3.8) is 0 Å². The van der Waals surface area contributed by atoms with Crippen LogP contribution in [0.4, 0.5) is 0 Å². The third kappa shape index (κ3) is 4.88. The molecule has 138 valence electrons. The van der Waals surface area contributed by atoms with Crippen LogP contribution in [0.5, 0.6) is 5.75 Å². The predicted octanol–water partition coefficient (Wildman–Crippen LogP) is 2.67. The van der Waals surface area contributed by atoms with E-state index in [4.69, 9.17) is 21.1 Å². The van der Waals surface area contributed by atoms with Crippen LogP contribution in [0.15, 0.2) is 23.8 Å². The minimum Gasteiger partial charge on any atom is -0.488 e. The van der Waals surface area contributed by atoms with Crippen molar-refractivity contribution in [2.24, 2.45) is 5.41 Å². The van der Waals surface area contributed by atoms with E-state index in [2.05, 4.69) is 10.6 Å². The molecule has 0 atom stereocenters. The molecule has 1 aromatic carbocycles. The fraction of sp³-hybridized carbons (Fsp3) is 0.500. The molecule has 1 fully saturated rings. The molecule has 0 saturated carbocycles. The molecule has 0 aliphatic carbocycles. The number of benzene rings is 1. The monoisotopic (exact) mass is 386 g/mol. The van der Waals surface area contributed by atoms with Crippen molar-refractivity contribution in [3.05, 3.63) is 34.4 Å². The molecule has 2 aliphatic heterocycles. The van der Waals surface area contributed by atoms with E-state index in [-0.39, 0.29) is 30.3 Å². The maximum absolute atomic E-state index is 12.5. The van der Waals surface area contributed by atoms with Crippen LogP contribution in [-0.2, 0) is 9.53 Å². The Bertz CT molecular complexity index is 638. The second-order valence-corrected chi connectivity index (χ2v) is 6.94. The van der Waals surface area contributed by atoms with Crippen molar-refractivity contribution >= 4 is 36.0 Å². The summed E-state index contributed by atoms with van der Waals surface area (Å²) in [7, 11) is 1.71. The van der Waals surface area contributed by atoms with Crippen molar-refractivity contribution in [1.82, 2.24) is 10.6 Å². The lowest BCUT2D eigenvalue weighted by Gasteiger charge is -2.37. The molecule has 25 heavy (non-hydrogen) atoms. The molecule has 0 spiro atoms. The van der Waals surface area contributed by atoms with E-state index in [1.54, 1.807) is 13.2 Å². The Kier molecular flexibility index (Phi) is 7.14. The Morgan fingerprint density at radius 2 is 2.16 bits per heavy atom. The summed E-state index contributed by atoms with van der Waals surface area (Å²) in [6, 6.07) is 5.42. The van der Waals surface area contributed by atoms with Crippen LogP contribution in [0.3, 0.4) is 0 Å². The van der Waals surface area contributed by atoms with Gasteiger partial charge in [0.15, 0.2) is 0 Å². The molecule has 2 aliphatic rings. The molecule has 0 radical (unpaired) electrons. The second-order valence-electron chi connectivity index (χ2n) is 6.51. The molecule has 1 saturated heterocycles. The minimum absolute atomic E-state index is 0. The van der Waals surface area contributed by atoms with Crippen molar-refractivity contribution in [2.45, 2.75) is 12.8 Å². The number of amides is 1. The van der Waals surface area contributed by atoms with E-state index in [0.717, 1.165) is 37.2 Å². The fourth-order valence-electron chi connectivity index (χ4n) is 3.30. The summed E-state index contributed by atoms with van der Waals surface area (Å²) in [5.41, 5.74) is 1.46. The van der Waals surface area contributed by atoms with E-state index >= 15 is 0 Å². The molecule has 7 heteroatoms. The number of hydrogen-bond donors (Lipinski definition) is 2. The second kappa shape index (κ2) is 8.90. The van der Waals surface area contributed by atoms with Crippen molar-refractivity contribution in [1.29, 1.82) is 0 Å². The Labute approximate surface area is 159 Å². The summed E-state index contributed by atoms with van der Waals surface area (Å²) in [5.74, 6) is 0.666. The predicted molar refractivity (Wildman–Crippen MR) is 102 cm³/mol. The SMILES string of the molecule is COCC1(CNC(=O)C2=Cc3cc(Cl)ccc3OC2)CCNCC1.Cl. The zero-order valence-corrected chi connectivity index (χ0v) is 15.8. The number of fused-ring (bicyclic) bond motifs is 1. The summed E-state index contributed by atoms with van der Waals surface area (Å²) in [6.07, 6.45) is 3.84. The Balaban J connectivity index is 0.00000225. The average Bonchev–Trinajstić information content (AvgIpc) is 2.60. The highest BCUT2D eigenvalue weighted by atomic mass is 35.5. The van der Waals surface area contributed by atoms with Crippen molar-refractivity contribution in [3.8, 4) is 5.75 Å². The standard InChI is InChI=1S/C18H23ClN2O3.ClH/c1-23-12-18(4-6-20-7-5-18)11-21-17(22)14-8-13-9-15(19)2-3-16(13)24-10-14;/h2-3,8-9,20H,4-7,10-12H2,1H3,(H,21,22);1H. The van der Waals surface area contributed by atoms with Gasteiger partial charge in [-0.1, -0.05) is 11.6 Å². The van der Waals surface area contributed by atoms with Gasteiger partial charge in [-0.05, 0) is 50.2 Å². The van der Waals surface area contributed by atoms with Gasteiger partial charge in [0, 0.05) is 29.7 Å². The fourth-order valence-corrected chi connectivity index (χ4v) is 3.48. The highest BCUT2D eigenvalue weighted by molar-refractivity contribution is 6.30. The molecule has 0 bridgehead atoms. The molecular weight excluding hydrogens is 363 g/mol. The number of rotatable bonds is 5. The summed E-state index contributed by atoms with van der Waals surface area (Å²) >= 11 is 6.01. The summed E-state index contributed by atoms with van der Waals surface area (Å²) in [5, 5.41) is 7.05. The van der Waals surface area contributed by atoms with Crippen LogP contribution in [0.25, 0.3) is 6.08 Å². The van der Waals surface area contributed by atoms with E-state index in [9.17, 15) is 4.79 Å². The smallest absolute Gasteiger partial charge is 0.250 e. The largest absolute Gasteiger partial charge is 0.488 e. The van der Waals surface area contributed by atoms with Gasteiger partial charge >= 0.3 is 0 Å². The first-order valence-electron chi connectivity index (χ1n) is 8.23. The van der Waals surface area contributed by atoms with Crippen LogP contribution in [0, 0.1) is 5.41 Å². The highest BCUT2D eigenvalue weighted by Crippen LogP contribution is 2.30. The first-order valence-corrected chi connectivity index (χ1v) is 8.60. The van der Waals surface area contributed by atoms with Gasteiger partial charge in [-0.15, -0.1) is 12.4 Å². The Morgan fingerprint density at radius 3 is 2.88 bits per heavy atom. The summed E-state index contributed by atoms with van der Waals surface area (Å²) in [4.78, 5) is 12.5. The molecule has 2 heterocycles. The van der Waals surface area contributed by atoms with Gasteiger partial charge in [0.25, 0.3) is 5.91 Å². The Hall–Kier alpha value is -1.27. The number of hydrogen-bond acceptors (Lipinski definition) is 4. The molecule has 1 aromatic rings. The number of carbonyl (C=O) groups excluding carboxylic acids is 1. The zero-order valence-electron chi connectivity index (χ0n) is 14.3. The highest BCUT2D eigenvalue weighted by Gasteiger charge is 2.33. The normalized spacial score (nSPS) is 18.2. The van der Waals surface area contributed by atoms with Gasteiger partial charge in [-0.3, -0.25) is 4.79 Å². The van der Waals surface area contributed by atoms with Gasteiger partial charge in [-0.25, -0.2) is 0 Å². The van der Waals surface area contributed by atoms with E-state index in [1.807, 2.05) is 18.2 Å². The van der Waals surface area contributed by atoms with Crippen molar-refractivity contribution in [2.75, 3.05) is 40.0 Å². The quantitative estimate of drug-likeness (QED) is 0.816. The number of piperidine rings is 1. The zero-order chi connectivity index (χ0) is 17.0. The van der Waals surface area contributed by atoms with Crippen LogP contribution in [-0.4, -0.2) is 45.9 Å². The average molecular weight is 387 g/mol. The van der Waals surface area contributed by atoms with Gasteiger partial charge in [0.1, 0.15) is 12.4 Å². The molecule has 3 rings (SSSR count). The lowest BCUT2D eigenvalue weighted by atomic mass is 9.79. The number of carbonyl (C=O) groups is 1. The van der Waals surface area contributed by atoms with Gasteiger partial charge in [0.2, 0.25) is 0 Å². The molecule has 0 unspecified atom stereocenters. The maximum atomic E-state index is 12.5. The topological polar surface area (TPSA) is 59.6 Å². The Morgan fingerprint density at radius 1 is 1.40 bits per heavy atom. The van der Waals surface area contributed by atoms with Crippen LogP contribution >= 0.6 is 24.0 Å². The van der Waals surface area contributed by atoms with Gasteiger partial charge < -0.3 is 20.1 Å². The van der Waals surface area contributed by atoms with Gasteiger partial charge in [0.05, 0.1) is 12.2 Å². The number of halogens is 2. The first kappa shape index (κ1) is 20.0. The van der Waals surface area contributed by atoms with Gasteiger partial charge in [-0.2, -0.15) is 0 Å². The molecule has 0 aromatic heterocycles. The molecule has 1 amide bonds. The first-order chi connectivity index (χ1) is 11.6. The van der Waals surface area contributed by atoms with Crippen LogP contribution in [0.1, 0.15) is 18.4 Å². The lowest BCUT2D eigenvalue weighted by molar-refractivity contribution is -0.118. The van der Waals surface area contributed by atoms with Crippen molar-refractivity contribution < 1.29 is 14.3 Å².